The molecule has 0 aliphatic rings. The summed E-state index contributed by atoms with van der Waals surface area (Å²) in [6.07, 6.45) is 0. The van der Waals surface area contributed by atoms with E-state index in [0.717, 1.165) is 16.6 Å². The number of nitrogens with one attached hydrogen (secondary N) is 1. The molecular formula is C16H24N4. The molecule has 1 aromatic heterocycles. The molecule has 0 bridgehead atoms. The Kier molecular flexibility index (Phi) is 4.09. The van der Waals surface area contributed by atoms with E-state index in [9.17, 15) is 0 Å². The van der Waals surface area contributed by atoms with Crippen molar-refractivity contribution < 1.29 is 0 Å². The van der Waals surface area contributed by atoms with Gasteiger partial charge in [0.05, 0.1) is 11.6 Å². The van der Waals surface area contributed by atoms with Crippen molar-refractivity contribution in [2.24, 2.45) is 5.84 Å². The molecule has 1 aromatic carbocycles. The lowest BCUT2D eigenvalue weighted by Gasteiger charge is -2.40. The number of benzene rings is 1. The van der Waals surface area contributed by atoms with E-state index < -0.39 is 0 Å². The summed E-state index contributed by atoms with van der Waals surface area (Å²) < 4.78 is 0. The molecule has 0 spiro atoms. The third-order valence-electron chi connectivity index (χ3n) is 4.21. The molecule has 4 nitrogen and oxygen atoms in total. The first kappa shape index (κ1) is 14.9. The zero-order chi connectivity index (χ0) is 14.9. The van der Waals surface area contributed by atoms with Crippen molar-refractivity contribution in [1.82, 2.24) is 15.3 Å². The molecule has 4 heteroatoms. The van der Waals surface area contributed by atoms with Crippen LogP contribution in [-0.4, -0.2) is 29.5 Å². The highest BCUT2D eigenvalue weighted by atomic mass is 15.3. The Morgan fingerprint density at radius 2 is 1.90 bits per heavy atom. The van der Waals surface area contributed by atoms with Crippen LogP contribution < -0.4 is 11.3 Å². The molecule has 20 heavy (non-hydrogen) atoms. The summed E-state index contributed by atoms with van der Waals surface area (Å²) in [6, 6.07) is 10.5. The lowest BCUT2D eigenvalue weighted by atomic mass is 9.87. The number of hydrogen-bond acceptors (Lipinski definition) is 4. The number of likely N-dealkylation sites (N-methyl/N-ethyl adjacent to an activating group) is 1. The maximum Gasteiger partial charge on any atom is 0.0705 e. The fraction of sp³-hybridized carbons (Fsp3) is 0.438. The van der Waals surface area contributed by atoms with Crippen molar-refractivity contribution in [3.05, 3.63) is 41.6 Å². The number of aryl methyl sites for hydroxylation is 1. The van der Waals surface area contributed by atoms with Crippen LogP contribution in [0.2, 0.25) is 0 Å². The Labute approximate surface area is 121 Å². The van der Waals surface area contributed by atoms with Crippen LogP contribution in [0.1, 0.15) is 31.1 Å². The topological polar surface area (TPSA) is 54.2 Å². The third kappa shape index (κ3) is 2.68. The Morgan fingerprint density at radius 3 is 2.50 bits per heavy atom. The predicted molar refractivity (Wildman–Crippen MR) is 84.3 cm³/mol. The van der Waals surface area contributed by atoms with E-state index in [0.29, 0.717) is 0 Å². The number of rotatable bonds is 4. The van der Waals surface area contributed by atoms with Gasteiger partial charge in [-0.3, -0.25) is 16.3 Å². The maximum atomic E-state index is 5.80. The fourth-order valence-corrected chi connectivity index (χ4v) is 2.39. The molecule has 2 aromatic rings. The molecule has 108 valence electrons. The van der Waals surface area contributed by atoms with E-state index in [4.69, 9.17) is 5.84 Å². The zero-order valence-electron chi connectivity index (χ0n) is 12.9. The average molecular weight is 272 g/mol. The second-order valence-electron chi connectivity index (χ2n) is 6.05. The molecule has 0 aliphatic carbocycles. The summed E-state index contributed by atoms with van der Waals surface area (Å²) in [4.78, 5) is 6.71. The van der Waals surface area contributed by atoms with Crippen LogP contribution in [0.3, 0.4) is 0 Å². The Balaban J connectivity index is 2.48. The molecule has 2 rings (SSSR count). The van der Waals surface area contributed by atoms with Crippen molar-refractivity contribution in [3.63, 3.8) is 0 Å². The van der Waals surface area contributed by atoms with Gasteiger partial charge in [-0.25, -0.2) is 0 Å². The van der Waals surface area contributed by atoms with Crippen molar-refractivity contribution in [2.75, 3.05) is 14.1 Å². The van der Waals surface area contributed by atoms with Crippen LogP contribution in [0.15, 0.2) is 30.3 Å². The lowest BCUT2D eigenvalue weighted by molar-refractivity contribution is 0.138. The zero-order valence-corrected chi connectivity index (χ0v) is 12.9. The molecule has 0 fully saturated rings. The summed E-state index contributed by atoms with van der Waals surface area (Å²) in [5.41, 5.74) is 6.08. The Bertz CT molecular complexity index is 604. The Morgan fingerprint density at radius 1 is 1.20 bits per heavy atom. The number of fused-ring (bicyclic) bond motifs is 1. The maximum absolute atomic E-state index is 5.80. The number of hydrogen-bond donors (Lipinski definition) is 2. The van der Waals surface area contributed by atoms with Gasteiger partial charge in [0.25, 0.3) is 0 Å². The highest BCUT2D eigenvalue weighted by Crippen LogP contribution is 2.30. The van der Waals surface area contributed by atoms with Gasteiger partial charge in [-0.1, -0.05) is 12.1 Å². The second kappa shape index (κ2) is 5.48. The van der Waals surface area contributed by atoms with E-state index >= 15 is 0 Å². The normalized spacial score (nSPS) is 13.9. The highest BCUT2D eigenvalue weighted by molar-refractivity contribution is 5.79. The predicted octanol–water partition coefficient (Wildman–Crippen LogP) is 2.39. The van der Waals surface area contributed by atoms with Crippen LogP contribution in [0.5, 0.6) is 0 Å². The largest absolute Gasteiger partial charge is 0.302 e. The minimum Gasteiger partial charge on any atom is -0.302 e. The summed E-state index contributed by atoms with van der Waals surface area (Å²) in [6.45, 7) is 6.36. The lowest BCUT2D eigenvalue weighted by Crippen LogP contribution is -2.51. The van der Waals surface area contributed by atoms with Crippen LogP contribution in [0.4, 0.5) is 0 Å². The van der Waals surface area contributed by atoms with Crippen molar-refractivity contribution in [2.45, 2.75) is 32.4 Å². The second-order valence-corrected chi connectivity index (χ2v) is 6.05. The van der Waals surface area contributed by atoms with Crippen molar-refractivity contribution in [1.29, 1.82) is 0 Å². The van der Waals surface area contributed by atoms with Crippen molar-refractivity contribution in [3.8, 4) is 0 Å². The molecule has 0 saturated heterocycles. The minimum atomic E-state index is -0.0967. The summed E-state index contributed by atoms with van der Waals surface area (Å²) >= 11 is 0. The third-order valence-corrected chi connectivity index (χ3v) is 4.21. The quantitative estimate of drug-likeness (QED) is 0.663. The van der Waals surface area contributed by atoms with Gasteiger partial charge in [0.15, 0.2) is 0 Å². The fourth-order valence-electron chi connectivity index (χ4n) is 2.39. The van der Waals surface area contributed by atoms with E-state index in [2.05, 4.69) is 67.5 Å². The monoisotopic (exact) mass is 272 g/mol. The summed E-state index contributed by atoms with van der Waals surface area (Å²) in [7, 11) is 4.13. The van der Waals surface area contributed by atoms with Gasteiger partial charge in [0.1, 0.15) is 0 Å². The molecular weight excluding hydrogens is 248 g/mol. The summed E-state index contributed by atoms with van der Waals surface area (Å²) in [5, 5.41) is 1.14. The first-order valence-electron chi connectivity index (χ1n) is 6.87. The van der Waals surface area contributed by atoms with Gasteiger partial charge < -0.3 is 4.90 Å². The van der Waals surface area contributed by atoms with Crippen LogP contribution in [-0.2, 0) is 0 Å². The van der Waals surface area contributed by atoms with Gasteiger partial charge in [0.2, 0.25) is 0 Å². The number of aromatic nitrogens is 1. The van der Waals surface area contributed by atoms with Gasteiger partial charge in [-0.05, 0) is 58.6 Å². The summed E-state index contributed by atoms with van der Waals surface area (Å²) in [5.74, 6) is 5.80. The number of hydrazine groups is 1. The minimum absolute atomic E-state index is 0.0446. The number of nitrogens with two attached hydrogens (primary N) is 1. The SMILES string of the molecule is Cc1ccc2cc(C(NN)C(C)(C)N(C)C)ccc2n1. The smallest absolute Gasteiger partial charge is 0.0705 e. The van der Waals surface area contributed by atoms with E-state index in [1.807, 2.05) is 13.0 Å². The standard InChI is InChI=1S/C16H24N4/c1-11-6-7-12-10-13(8-9-14(12)18-11)15(19-17)16(2,3)20(4)5/h6-10,15,19H,17H2,1-5H3. The average Bonchev–Trinajstić information content (AvgIpc) is 2.39. The molecule has 3 N–H and O–H groups in total. The molecule has 1 unspecified atom stereocenters. The molecule has 0 saturated carbocycles. The molecule has 0 radical (unpaired) electrons. The molecule has 1 heterocycles. The van der Waals surface area contributed by atoms with Gasteiger partial charge in [0, 0.05) is 16.6 Å². The first-order valence-corrected chi connectivity index (χ1v) is 6.87. The molecule has 0 aliphatic heterocycles. The van der Waals surface area contributed by atoms with E-state index in [1.54, 1.807) is 0 Å². The molecule has 1 atom stereocenters. The van der Waals surface area contributed by atoms with Gasteiger partial charge in [-0.15, -0.1) is 0 Å². The number of pyridine rings is 1. The van der Waals surface area contributed by atoms with Gasteiger partial charge >= 0.3 is 0 Å². The van der Waals surface area contributed by atoms with Crippen LogP contribution >= 0.6 is 0 Å². The first-order chi connectivity index (χ1) is 9.36. The highest BCUT2D eigenvalue weighted by Gasteiger charge is 2.32. The Hall–Kier alpha value is -1.49. The van der Waals surface area contributed by atoms with Crippen LogP contribution in [0, 0.1) is 6.92 Å². The van der Waals surface area contributed by atoms with E-state index in [1.165, 1.54) is 5.56 Å². The van der Waals surface area contributed by atoms with Crippen molar-refractivity contribution >= 4 is 10.9 Å². The number of nitrogens with zero attached hydrogens (tertiary/aromatic N) is 2. The van der Waals surface area contributed by atoms with Crippen LogP contribution in [0.25, 0.3) is 10.9 Å². The molecule has 0 amide bonds. The van der Waals surface area contributed by atoms with E-state index in [-0.39, 0.29) is 11.6 Å². The van der Waals surface area contributed by atoms with Gasteiger partial charge in [-0.2, -0.15) is 0 Å².